The Morgan fingerprint density at radius 3 is 2.41 bits per heavy atom. The van der Waals surface area contributed by atoms with Crippen LogP contribution in [0.25, 0.3) is 0 Å². The van der Waals surface area contributed by atoms with Crippen molar-refractivity contribution >= 4 is 50.1 Å². The molecule has 0 aliphatic carbocycles. The highest BCUT2D eigenvalue weighted by Crippen LogP contribution is 2.23. The molecular formula is C10H14ClIN2O2S. The van der Waals surface area contributed by atoms with E-state index in [1.165, 1.54) is 4.31 Å². The number of nitrogens with zero attached hydrogens (tertiary/aromatic N) is 1. The summed E-state index contributed by atoms with van der Waals surface area (Å²) >= 11 is 7.86. The Morgan fingerprint density at radius 1 is 1.35 bits per heavy atom. The minimum Gasteiger partial charge on any atom is -0.270 e. The molecule has 0 radical (unpaired) electrons. The highest BCUT2D eigenvalue weighted by Gasteiger charge is 2.19. The Kier molecular flexibility index (Phi) is 5.49. The van der Waals surface area contributed by atoms with E-state index in [0.29, 0.717) is 23.8 Å². The zero-order valence-corrected chi connectivity index (χ0v) is 13.3. The molecule has 0 fully saturated rings. The number of hydrogen-bond donors (Lipinski definition) is 1. The number of hydrogen-bond acceptors (Lipinski definition) is 2. The first kappa shape index (κ1) is 15.0. The number of halogens is 2. The Balaban J connectivity index is 2.98. The molecule has 96 valence electrons. The third kappa shape index (κ3) is 3.97. The maximum Gasteiger partial charge on any atom is 0.301 e. The Bertz CT molecular complexity index is 489. The van der Waals surface area contributed by atoms with Crippen molar-refractivity contribution in [1.82, 2.24) is 4.31 Å². The molecule has 0 amide bonds. The van der Waals surface area contributed by atoms with Gasteiger partial charge >= 0.3 is 10.2 Å². The van der Waals surface area contributed by atoms with Gasteiger partial charge in [0.25, 0.3) is 0 Å². The summed E-state index contributed by atoms with van der Waals surface area (Å²) in [5.41, 5.74) is 0.543. The molecule has 1 N–H and O–H groups in total. The summed E-state index contributed by atoms with van der Waals surface area (Å²) in [6.45, 7) is 4.48. The van der Waals surface area contributed by atoms with Crippen LogP contribution in [0, 0.1) is 3.57 Å². The van der Waals surface area contributed by atoms with Gasteiger partial charge in [0.05, 0.1) is 5.69 Å². The molecule has 7 heteroatoms. The summed E-state index contributed by atoms with van der Waals surface area (Å²) in [5, 5.41) is 0.584. The zero-order valence-electron chi connectivity index (χ0n) is 9.57. The standard InChI is InChI=1S/C10H14ClIN2O2S/c1-3-14(4-2)17(15,16)13-10-6-5-8(11)7-9(10)12/h5-7,13H,3-4H2,1-2H3. The van der Waals surface area contributed by atoms with Crippen molar-refractivity contribution in [2.24, 2.45) is 0 Å². The minimum absolute atomic E-state index is 0.440. The fourth-order valence-electron chi connectivity index (χ4n) is 1.34. The summed E-state index contributed by atoms with van der Waals surface area (Å²) in [6, 6.07) is 5.02. The highest BCUT2D eigenvalue weighted by atomic mass is 127. The van der Waals surface area contributed by atoms with Crippen LogP contribution in [0.2, 0.25) is 5.02 Å². The average Bonchev–Trinajstić information content (AvgIpc) is 2.23. The summed E-state index contributed by atoms with van der Waals surface area (Å²) in [7, 11) is -3.48. The molecule has 1 aromatic carbocycles. The van der Waals surface area contributed by atoms with Crippen LogP contribution in [0.5, 0.6) is 0 Å². The molecule has 0 saturated heterocycles. The van der Waals surface area contributed by atoms with E-state index in [4.69, 9.17) is 11.6 Å². The minimum atomic E-state index is -3.48. The van der Waals surface area contributed by atoms with Gasteiger partial charge < -0.3 is 0 Å². The molecule has 17 heavy (non-hydrogen) atoms. The van der Waals surface area contributed by atoms with Gasteiger partial charge in [0.15, 0.2) is 0 Å². The topological polar surface area (TPSA) is 49.4 Å². The zero-order chi connectivity index (χ0) is 13.1. The van der Waals surface area contributed by atoms with E-state index >= 15 is 0 Å². The number of nitrogens with one attached hydrogen (secondary N) is 1. The van der Waals surface area contributed by atoms with Crippen molar-refractivity contribution in [2.75, 3.05) is 17.8 Å². The summed E-state index contributed by atoms with van der Waals surface area (Å²) in [5.74, 6) is 0. The first-order valence-corrected chi connectivity index (χ1v) is 8.03. The molecule has 0 bridgehead atoms. The lowest BCUT2D eigenvalue weighted by Crippen LogP contribution is -2.35. The van der Waals surface area contributed by atoms with Crippen LogP contribution in [0.1, 0.15) is 13.8 Å². The second-order valence-electron chi connectivity index (χ2n) is 3.32. The first-order valence-electron chi connectivity index (χ1n) is 5.13. The predicted octanol–water partition coefficient (Wildman–Crippen LogP) is 2.94. The van der Waals surface area contributed by atoms with E-state index < -0.39 is 10.2 Å². The maximum absolute atomic E-state index is 12.0. The second kappa shape index (κ2) is 6.21. The third-order valence-corrected chi connectivity index (χ3v) is 5.02. The quantitative estimate of drug-likeness (QED) is 0.789. The molecule has 0 aliphatic heterocycles. The normalized spacial score (nSPS) is 11.8. The van der Waals surface area contributed by atoms with E-state index in [-0.39, 0.29) is 0 Å². The van der Waals surface area contributed by atoms with Gasteiger partial charge in [-0.25, -0.2) is 0 Å². The van der Waals surface area contributed by atoms with E-state index in [1.807, 2.05) is 22.6 Å². The molecule has 0 aliphatic rings. The summed E-state index contributed by atoms with van der Waals surface area (Å²) in [6.07, 6.45) is 0. The van der Waals surface area contributed by atoms with Gasteiger partial charge in [-0.2, -0.15) is 12.7 Å². The predicted molar refractivity (Wildman–Crippen MR) is 79.6 cm³/mol. The maximum atomic E-state index is 12.0. The van der Waals surface area contributed by atoms with Crippen molar-refractivity contribution in [1.29, 1.82) is 0 Å². The summed E-state index contributed by atoms with van der Waals surface area (Å²) in [4.78, 5) is 0. The molecule has 0 aromatic heterocycles. The van der Waals surface area contributed by atoms with Gasteiger partial charge in [-0.3, -0.25) is 4.72 Å². The smallest absolute Gasteiger partial charge is 0.270 e. The van der Waals surface area contributed by atoms with Crippen LogP contribution in [0.4, 0.5) is 5.69 Å². The van der Waals surface area contributed by atoms with Gasteiger partial charge in [0.2, 0.25) is 0 Å². The van der Waals surface area contributed by atoms with Crippen molar-refractivity contribution in [3.05, 3.63) is 26.8 Å². The van der Waals surface area contributed by atoms with Crippen molar-refractivity contribution < 1.29 is 8.42 Å². The Hall–Kier alpha value is -0.0500. The third-order valence-electron chi connectivity index (χ3n) is 2.22. The van der Waals surface area contributed by atoms with E-state index in [9.17, 15) is 8.42 Å². The molecule has 0 saturated carbocycles. The van der Waals surface area contributed by atoms with E-state index in [2.05, 4.69) is 4.72 Å². The first-order chi connectivity index (χ1) is 7.90. The van der Waals surface area contributed by atoms with Crippen molar-refractivity contribution in [3.63, 3.8) is 0 Å². The molecule has 0 heterocycles. The molecule has 1 aromatic rings. The molecule has 0 unspecified atom stereocenters. The van der Waals surface area contributed by atoms with Crippen LogP contribution < -0.4 is 4.72 Å². The lowest BCUT2D eigenvalue weighted by molar-refractivity contribution is 0.449. The van der Waals surface area contributed by atoms with Crippen LogP contribution in [0.15, 0.2) is 18.2 Å². The molecule has 0 spiro atoms. The SMILES string of the molecule is CCN(CC)S(=O)(=O)Nc1ccc(Cl)cc1I. The fourth-order valence-corrected chi connectivity index (χ4v) is 3.79. The Labute approximate surface area is 121 Å². The highest BCUT2D eigenvalue weighted by molar-refractivity contribution is 14.1. The van der Waals surface area contributed by atoms with Crippen LogP contribution in [-0.4, -0.2) is 25.8 Å². The fraction of sp³-hybridized carbons (Fsp3) is 0.400. The monoisotopic (exact) mass is 388 g/mol. The molecule has 4 nitrogen and oxygen atoms in total. The van der Waals surface area contributed by atoms with Crippen LogP contribution in [0.3, 0.4) is 0 Å². The molecule has 1 rings (SSSR count). The van der Waals surface area contributed by atoms with Crippen LogP contribution >= 0.6 is 34.2 Å². The number of anilines is 1. The van der Waals surface area contributed by atoms with Crippen molar-refractivity contribution in [2.45, 2.75) is 13.8 Å². The number of benzene rings is 1. The average molecular weight is 389 g/mol. The van der Waals surface area contributed by atoms with Crippen molar-refractivity contribution in [3.8, 4) is 0 Å². The second-order valence-corrected chi connectivity index (χ2v) is 6.58. The Morgan fingerprint density at radius 2 is 1.94 bits per heavy atom. The molecule has 0 atom stereocenters. The van der Waals surface area contributed by atoms with Gasteiger partial charge in [-0.15, -0.1) is 0 Å². The number of rotatable bonds is 5. The van der Waals surface area contributed by atoms with Gasteiger partial charge in [0.1, 0.15) is 0 Å². The lowest BCUT2D eigenvalue weighted by atomic mass is 10.3. The van der Waals surface area contributed by atoms with E-state index in [1.54, 1.807) is 32.0 Å². The molecular weight excluding hydrogens is 375 g/mol. The van der Waals surface area contributed by atoms with E-state index in [0.717, 1.165) is 3.57 Å². The van der Waals surface area contributed by atoms with Gasteiger partial charge in [-0.05, 0) is 40.8 Å². The lowest BCUT2D eigenvalue weighted by Gasteiger charge is -2.20. The van der Waals surface area contributed by atoms with Gasteiger partial charge in [-0.1, -0.05) is 25.4 Å². The largest absolute Gasteiger partial charge is 0.301 e. The van der Waals surface area contributed by atoms with Crippen LogP contribution in [-0.2, 0) is 10.2 Å². The van der Waals surface area contributed by atoms with Gasteiger partial charge in [0, 0.05) is 21.7 Å². The summed E-state index contributed by atoms with van der Waals surface area (Å²) < 4.78 is 28.6.